The molecule has 2 rings (SSSR count). The first kappa shape index (κ1) is 12.9. The van der Waals surface area contributed by atoms with E-state index in [9.17, 15) is 0 Å². The van der Waals surface area contributed by atoms with Crippen molar-refractivity contribution in [1.29, 1.82) is 0 Å². The Balaban J connectivity index is 2.13. The average Bonchev–Trinajstić information content (AvgIpc) is 2.37. The van der Waals surface area contributed by atoms with Crippen LogP contribution in [0.5, 0.6) is 0 Å². The smallest absolute Gasteiger partial charge is 0.106 e. The Labute approximate surface area is 117 Å². The van der Waals surface area contributed by atoms with Crippen LogP contribution in [0.1, 0.15) is 11.1 Å². The zero-order chi connectivity index (χ0) is 13.0. The summed E-state index contributed by atoms with van der Waals surface area (Å²) in [5.41, 5.74) is 8.58. The van der Waals surface area contributed by atoms with Crippen molar-refractivity contribution < 1.29 is 0 Å². The van der Waals surface area contributed by atoms with Crippen LogP contribution < -0.4 is 11.1 Å². The Bertz CT molecular complexity index is 569. The lowest BCUT2D eigenvalue weighted by Gasteiger charge is -2.11. The number of rotatable bonds is 4. The molecule has 0 fully saturated rings. The predicted molar refractivity (Wildman–Crippen MR) is 81.1 cm³/mol. The van der Waals surface area contributed by atoms with E-state index < -0.39 is 0 Å². The SMILES string of the molecule is NC(=S)c1ccccc1NCc1cccc(Cl)c1. The Morgan fingerprint density at radius 2 is 1.94 bits per heavy atom. The molecule has 0 aliphatic heterocycles. The van der Waals surface area contributed by atoms with E-state index in [1.54, 1.807) is 0 Å². The molecule has 0 atom stereocenters. The van der Waals surface area contributed by atoms with Crippen molar-refractivity contribution in [2.75, 3.05) is 5.32 Å². The van der Waals surface area contributed by atoms with Gasteiger partial charge in [0.1, 0.15) is 4.99 Å². The van der Waals surface area contributed by atoms with Crippen molar-refractivity contribution >= 4 is 34.5 Å². The normalized spacial score (nSPS) is 10.1. The van der Waals surface area contributed by atoms with Gasteiger partial charge in [0.05, 0.1) is 0 Å². The third kappa shape index (κ3) is 3.22. The van der Waals surface area contributed by atoms with Crippen molar-refractivity contribution in [1.82, 2.24) is 0 Å². The van der Waals surface area contributed by atoms with Gasteiger partial charge in [0.25, 0.3) is 0 Å². The first-order valence-electron chi connectivity index (χ1n) is 5.54. The molecule has 0 saturated carbocycles. The standard InChI is InChI=1S/C14H13ClN2S/c15-11-5-3-4-10(8-11)9-17-13-7-2-1-6-12(13)14(16)18/h1-8,17H,9H2,(H2,16,18). The van der Waals surface area contributed by atoms with Crippen molar-refractivity contribution in [3.05, 3.63) is 64.7 Å². The van der Waals surface area contributed by atoms with Gasteiger partial charge in [0.15, 0.2) is 0 Å². The summed E-state index contributed by atoms with van der Waals surface area (Å²) in [4.78, 5) is 0.393. The summed E-state index contributed by atoms with van der Waals surface area (Å²) in [6.07, 6.45) is 0. The lowest BCUT2D eigenvalue weighted by Crippen LogP contribution is -2.13. The molecule has 18 heavy (non-hydrogen) atoms. The van der Waals surface area contributed by atoms with Gasteiger partial charge in [-0.15, -0.1) is 0 Å². The summed E-state index contributed by atoms with van der Waals surface area (Å²) in [7, 11) is 0. The van der Waals surface area contributed by atoms with Crippen LogP contribution in [0.15, 0.2) is 48.5 Å². The fraction of sp³-hybridized carbons (Fsp3) is 0.0714. The Morgan fingerprint density at radius 3 is 2.67 bits per heavy atom. The molecule has 0 aliphatic rings. The molecule has 0 spiro atoms. The number of benzene rings is 2. The topological polar surface area (TPSA) is 38.0 Å². The van der Waals surface area contributed by atoms with Gasteiger partial charge >= 0.3 is 0 Å². The molecule has 0 amide bonds. The number of para-hydroxylation sites is 1. The largest absolute Gasteiger partial charge is 0.389 e. The fourth-order valence-electron chi connectivity index (χ4n) is 1.70. The first-order valence-corrected chi connectivity index (χ1v) is 6.32. The highest BCUT2D eigenvalue weighted by molar-refractivity contribution is 7.80. The van der Waals surface area contributed by atoms with E-state index in [2.05, 4.69) is 5.32 Å². The Hall–Kier alpha value is -1.58. The minimum atomic E-state index is 0.393. The van der Waals surface area contributed by atoms with E-state index in [1.165, 1.54) is 0 Å². The second-order valence-electron chi connectivity index (χ2n) is 3.89. The van der Waals surface area contributed by atoms with Crippen molar-refractivity contribution in [3.8, 4) is 0 Å². The van der Waals surface area contributed by atoms with Gasteiger partial charge in [-0.2, -0.15) is 0 Å². The molecule has 0 aromatic heterocycles. The van der Waals surface area contributed by atoms with E-state index in [1.807, 2.05) is 48.5 Å². The van der Waals surface area contributed by atoms with E-state index in [4.69, 9.17) is 29.6 Å². The maximum Gasteiger partial charge on any atom is 0.106 e. The summed E-state index contributed by atoms with van der Waals surface area (Å²) >= 11 is 11.0. The number of anilines is 1. The Morgan fingerprint density at radius 1 is 1.17 bits per heavy atom. The third-order valence-electron chi connectivity index (χ3n) is 2.56. The molecule has 0 unspecified atom stereocenters. The van der Waals surface area contributed by atoms with Gasteiger partial charge in [0, 0.05) is 22.8 Å². The van der Waals surface area contributed by atoms with Crippen LogP contribution in [-0.4, -0.2) is 4.99 Å². The number of hydrogen-bond donors (Lipinski definition) is 2. The number of hydrogen-bond acceptors (Lipinski definition) is 2. The molecular weight excluding hydrogens is 264 g/mol. The van der Waals surface area contributed by atoms with Crippen LogP contribution in [0.2, 0.25) is 5.02 Å². The molecule has 0 bridgehead atoms. The molecule has 2 aromatic rings. The molecule has 0 saturated heterocycles. The molecule has 92 valence electrons. The van der Waals surface area contributed by atoms with Gasteiger partial charge in [0.2, 0.25) is 0 Å². The van der Waals surface area contributed by atoms with Crippen LogP contribution in [0.4, 0.5) is 5.69 Å². The lowest BCUT2D eigenvalue weighted by atomic mass is 10.1. The molecule has 0 radical (unpaired) electrons. The van der Waals surface area contributed by atoms with Crippen LogP contribution in [-0.2, 0) is 6.54 Å². The summed E-state index contributed by atoms with van der Waals surface area (Å²) in [5, 5.41) is 4.05. The number of thiocarbonyl (C=S) groups is 1. The maximum atomic E-state index is 5.94. The minimum absolute atomic E-state index is 0.393. The lowest BCUT2D eigenvalue weighted by molar-refractivity contribution is 1.15. The highest BCUT2D eigenvalue weighted by atomic mass is 35.5. The fourth-order valence-corrected chi connectivity index (χ4v) is 2.09. The molecule has 2 aromatic carbocycles. The quantitative estimate of drug-likeness (QED) is 0.838. The molecule has 4 heteroatoms. The highest BCUT2D eigenvalue weighted by Gasteiger charge is 2.03. The number of nitrogens with one attached hydrogen (secondary N) is 1. The minimum Gasteiger partial charge on any atom is -0.389 e. The number of nitrogens with two attached hydrogens (primary N) is 1. The van der Waals surface area contributed by atoms with Gasteiger partial charge in [-0.25, -0.2) is 0 Å². The van der Waals surface area contributed by atoms with E-state index in [-0.39, 0.29) is 0 Å². The van der Waals surface area contributed by atoms with Crippen molar-refractivity contribution in [3.63, 3.8) is 0 Å². The highest BCUT2D eigenvalue weighted by Crippen LogP contribution is 2.17. The average molecular weight is 277 g/mol. The second-order valence-corrected chi connectivity index (χ2v) is 4.77. The summed E-state index contributed by atoms with van der Waals surface area (Å²) in [6.45, 7) is 0.681. The zero-order valence-corrected chi connectivity index (χ0v) is 11.3. The predicted octanol–water partition coefficient (Wildman–Crippen LogP) is 3.59. The van der Waals surface area contributed by atoms with Gasteiger partial charge in [-0.05, 0) is 29.8 Å². The second kappa shape index (κ2) is 5.85. The molecule has 0 aliphatic carbocycles. The van der Waals surface area contributed by atoms with Gasteiger partial charge in [-0.3, -0.25) is 0 Å². The van der Waals surface area contributed by atoms with E-state index in [0.717, 1.165) is 21.8 Å². The molecule has 0 heterocycles. The third-order valence-corrected chi connectivity index (χ3v) is 3.02. The summed E-state index contributed by atoms with van der Waals surface area (Å²) in [5.74, 6) is 0. The monoisotopic (exact) mass is 276 g/mol. The Kier molecular flexibility index (Phi) is 4.18. The maximum absolute atomic E-state index is 5.94. The van der Waals surface area contributed by atoms with Crippen LogP contribution >= 0.6 is 23.8 Å². The van der Waals surface area contributed by atoms with Gasteiger partial charge in [-0.1, -0.05) is 48.1 Å². The van der Waals surface area contributed by atoms with Crippen molar-refractivity contribution in [2.24, 2.45) is 5.73 Å². The number of halogens is 1. The molecule has 3 N–H and O–H groups in total. The summed E-state index contributed by atoms with van der Waals surface area (Å²) in [6, 6.07) is 15.5. The molecular formula is C14H13ClN2S. The zero-order valence-electron chi connectivity index (χ0n) is 9.69. The van der Waals surface area contributed by atoms with Gasteiger partial charge < -0.3 is 11.1 Å². The van der Waals surface area contributed by atoms with E-state index >= 15 is 0 Å². The molecule has 2 nitrogen and oxygen atoms in total. The van der Waals surface area contributed by atoms with Crippen molar-refractivity contribution in [2.45, 2.75) is 6.54 Å². The van der Waals surface area contributed by atoms with Crippen LogP contribution in [0.25, 0.3) is 0 Å². The first-order chi connectivity index (χ1) is 8.66. The summed E-state index contributed by atoms with van der Waals surface area (Å²) < 4.78 is 0. The van der Waals surface area contributed by atoms with E-state index in [0.29, 0.717) is 11.5 Å². The van der Waals surface area contributed by atoms with Crippen LogP contribution in [0, 0.1) is 0 Å². The van der Waals surface area contributed by atoms with Crippen LogP contribution in [0.3, 0.4) is 0 Å².